The lowest BCUT2D eigenvalue weighted by Crippen LogP contribution is -2.26. The Morgan fingerprint density at radius 3 is 2.42 bits per heavy atom. The van der Waals surface area contributed by atoms with Gasteiger partial charge in [0.15, 0.2) is 0 Å². The fraction of sp³-hybridized carbons (Fsp3) is 0.286. The molecule has 12 heteroatoms. The molecule has 0 atom stereocenters. The summed E-state index contributed by atoms with van der Waals surface area (Å²) in [6.07, 6.45) is -2.19. The van der Waals surface area contributed by atoms with Gasteiger partial charge in [0.05, 0.1) is 40.5 Å². The zero-order chi connectivity index (χ0) is 23.8. The molecule has 0 spiro atoms. The largest absolute Gasteiger partial charge is 0.450 e. The second kappa shape index (κ2) is 8.69. The smallest absolute Gasteiger partial charge is 0.381 e. The van der Waals surface area contributed by atoms with Gasteiger partial charge in [-0.1, -0.05) is 0 Å². The van der Waals surface area contributed by atoms with E-state index in [9.17, 15) is 21.6 Å². The number of nitrogens with zero attached hydrogens (tertiary/aromatic N) is 3. The van der Waals surface area contributed by atoms with Crippen LogP contribution in [0.1, 0.15) is 18.7 Å². The van der Waals surface area contributed by atoms with Gasteiger partial charge in [-0.05, 0) is 60.9 Å². The molecule has 4 rings (SSSR count). The first-order chi connectivity index (χ1) is 15.6. The molecule has 0 amide bonds. The minimum absolute atomic E-state index is 0.0191. The van der Waals surface area contributed by atoms with Crippen molar-refractivity contribution in [3.8, 4) is 0 Å². The van der Waals surface area contributed by atoms with E-state index in [1.165, 1.54) is 55.7 Å². The first kappa shape index (κ1) is 23.1. The normalized spacial score (nSPS) is 15.0. The zero-order valence-electron chi connectivity index (χ0n) is 17.5. The van der Waals surface area contributed by atoms with Gasteiger partial charge in [0, 0.05) is 13.2 Å². The van der Waals surface area contributed by atoms with Crippen molar-refractivity contribution >= 4 is 38.6 Å². The van der Waals surface area contributed by atoms with Gasteiger partial charge in [-0.3, -0.25) is 19.6 Å². The van der Waals surface area contributed by atoms with Gasteiger partial charge in [0.1, 0.15) is 0 Å². The number of halogens is 3. The van der Waals surface area contributed by atoms with Gasteiger partial charge in [-0.2, -0.15) is 13.2 Å². The third-order valence-corrected chi connectivity index (χ3v) is 7.18. The van der Waals surface area contributed by atoms with Gasteiger partial charge in [-0.25, -0.2) is 13.4 Å². The van der Waals surface area contributed by atoms with E-state index in [4.69, 9.17) is 9.94 Å². The van der Waals surface area contributed by atoms with Crippen LogP contribution in [0.2, 0.25) is 0 Å². The zero-order valence-corrected chi connectivity index (χ0v) is 18.3. The molecule has 2 N–H and O–H groups in total. The summed E-state index contributed by atoms with van der Waals surface area (Å²) in [4.78, 5) is 3.73. The predicted molar refractivity (Wildman–Crippen MR) is 117 cm³/mol. The van der Waals surface area contributed by atoms with Gasteiger partial charge < -0.3 is 4.74 Å². The fourth-order valence-corrected chi connectivity index (χ4v) is 4.74. The topological polar surface area (TPSA) is 96.7 Å². The molecule has 1 aliphatic heterocycles. The molecule has 0 saturated carbocycles. The number of anilines is 2. The van der Waals surface area contributed by atoms with Crippen molar-refractivity contribution in [1.29, 1.82) is 0 Å². The molecular formula is C21H21F3N4O4S. The molecule has 2 aromatic carbocycles. The number of alkyl halides is 3. The Kier molecular flexibility index (Phi) is 6.08. The summed E-state index contributed by atoms with van der Waals surface area (Å²) < 4.78 is 74.3. The number of aromatic nitrogens is 2. The maximum atomic E-state index is 13.7. The monoisotopic (exact) mass is 482 g/mol. The van der Waals surface area contributed by atoms with Crippen molar-refractivity contribution < 1.29 is 31.5 Å². The van der Waals surface area contributed by atoms with Crippen LogP contribution in [0.5, 0.6) is 0 Å². The highest BCUT2D eigenvalue weighted by Crippen LogP contribution is 2.34. The second-order valence-electron chi connectivity index (χ2n) is 7.48. The van der Waals surface area contributed by atoms with Crippen LogP contribution in [0, 0.1) is 0 Å². The fourth-order valence-electron chi connectivity index (χ4n) is 3.56. The summed E-state index contributed by atoms with van der Waals surface area (Å²) in [6.45, 7) is 0.893. The van der Waals surface area contributed by atoms with Crippen LogP contribution in [0.15, 0.2) is 52.9 Å². The molecule has 176 valence electrons. The van der Waals surface area contributed by atoms with Crippen LogP contribution < -0.4 is 9.79 Å². The minimum atomic E-state index is -4.69. The van der Waals surface area contributed by atoms with E-state index in [2.05, 4.69) is 4.98 Å². The van der Waals surface area contributed by atoms with E-state index in [-0.39, 0.29) is 21.6 Å². The van der Waals surface area contributed by atoms with Crippen molar-refractivity contribution in [2.45, 2.75) is 23.9 Å². The van der Waals surface area contributed by atoms with Crippen molar-refractivity contribution in [2.24, 2.45) is 0 Å². The molecule has 1 aliphatic rings. The van der Waals surface area contributed by atoms with Crippen LogP contribution >= 0.6 is 0 Å². The summed E-state index contributed by atoms with van der Waals surface area (Å²) in [7, 11) is -2.69. The van der Waals surface area contributed by atoms with E-state index in [0.717, 1.165) is 14.4 Å². The van der Waals surface area contributed by atoms with E-state index >= 15 is 0 Å². The number of benzene rings is 2. The number of rotatable bonds is 5. The number of imidazole rings is 1. The predicted octanol–water partition coefficient (Wildman–Crippen LogP) is 4.33. The Labute approximate surface area is 187 Å². The average Bonchev–Trinajstić information content (AvgIpc) is 3.17. The summed E-state index contributed by atoms with van der Waals surface area (Å²) in [6, 6.07) is 9.54. The number of ether oxygens (including phenoxy) is 1. The Hall–Kier alpha value is -3.09. The number of hydrogen-bond acceptors (Lipinski definition) is 6. The van der Waals surface area contributed by atoms with E-state index in [1.807, 2.05) is 5.48 Å². The van der Waals surface area contributed by atoms with Gasteiger partial charge in [0.2, 0.25) is 5.82 Å². The van der Waals surface area contributed by atoms with Gasteiger partial charge in [0.25, 0.3) is 10.0 Å². The number of hydrogen-bond donors (Lipinski definition) is 2. The lowest BCUT2D eigenvalue weighted by Gasteiger charge is -2.20. The molecule has 8 nitrogen and oxygen atoms in total. The average molecular weight is 482 g/mol. The van der Waals surface area contributed by atoms with Crippen LogP contribution in [0.3, 0.4) is 0 Å². The van der Waals surface area contributed by atoms with Crippen molar-refractivity contribution in [1.82, 2.24) is 9.55 Å². The molecule has 0 aliphatic carbocycles. The molecule has 1 saturated heterocycles. The lowest BCUT2D eigenvalue weighted by molar-refractivity contribution is -0.145. The van der Waals surface area contributed by atoms with E-state index in [1.54, 1.807) is 0 Å². The second-order valence-corrected chi connectivity index (χ2v) is 9.45. The summed E-state index contributed by atoms with van der Waals surface area (Å²) in [5.74, 6) is -1.08. The molecule has 3 aromatic rings. The molecule has 0 bridgehead atoms. The lowest BCUT2D eigenvalue weighted by atomic mass is 10.1. The van der Waals surface area contributed by atoms with Gasteiger partial charge >= 0.3 is 6.18 Å². The van der Waals surface area contributed by atoms with Crippen molar-refractivity contribution in [3.63, 3.8) is 0 Å². The highest BCUT2D eigenvalue weighted by molar-refractivity contribution is 7.92. The molecule has 0 radical (unpaired) electrons. The van der Waals surface area contributed by atoms with Crippen LogP contribution in [0.25, 0.3) is 17.2 Å². The van der Waals surface area contributed by atoms with Crippen molar-refractivity contribution in [3.05, 3.63) is 53.9 Å². The molecule has 0 unspecified atom stereocenters. The van der Waals surface area contributed by atoms with Crippen LogP contribution in [0.4, 0.5) is 24.5 Å². The molecule has 1 aromatic heterocycles. The minimum Gasteiger partial charge on any atom is -0.381 e. The maximum Gasteiger partial charge on any atom is 0.450 e. The Morgan fingerprint density at radius 1 is 1.15 bits per heavy atom. The summed E-state index contributed by atoms with van der Waals surface area (Å²) >= 11 is 0. The highest BCUT2D eigenvalue weighted by Gasteiger charge is 2.37. The van der Waals surface area contributed by atoms with Crippen LogP contribution in [-0.4, -0.2) is 43.4 Å². The molecule has 33 heavy (non-hydrogen) atoms. The molecule has 1 fully saturated rings. The number of sulfonamides is 1. The third-order valence-electron chi connectivity index (χ3n) is 5.38. The Morgan fingerprint density at radius 2 is 1.82 bits per heavy atom. The van der Waals surface area contributed by atoms with E-state index in [0.29, 0.717) is 31.7 Å². The highest BCUT2D eigenvalue weighted by atomic mass is 32.2. The third kappa shape index (κ3) is 4.54. The molecular weight excluding hydrogens is 461 g/mol. The first-order valence-electron chi connectivity index (χ1n) is 9.97. The molecule has 2 heterocycles. The van der Waals surface area contributed by atoms with Crippen molar-refractivity contribution in [2.75, 3.05) is 30.0 Å². The van der Waals surface area contributed by atoms with Crippen LogP contribution in [-0.2, 0) is 20.9 Å². The summed E-state index contributed by atoms with van der Waals surface area (Å²) in [5, 5.41) is 8.90. The maximum absolute atomic E-state index is 13.7. The number of nitrogens with one attached hydrogen (secondary N) is 1. The Bertz CT molecular complexity index is 1290. The number of fused-ring (bicyclic) bond motifs is 1. The first-order valence-corrected chi connectivity index (χ1v) is 11.4. The van der Waals surface area contributed by atoms with E-state index < -0.39 is 22.0 Å². The quantitative estimate of drug-likeness (QED) is 0.526. The standard InChI is InChI=1S/C21H21F3N4O4S/c1-27(33(30,31)17-5-2-15(26-29)3-6-17)16-4-7-19-18(12-16)25-20(21(22,23)24)28(19)13-14-8-10-32-11-9-14/h2-7,12-13,26,29H,8-11H2,1H3. The SMILES string of the molecule is CN(c1ccc2c(c1)nc(C(F)(F)F)n2C=C1CCOCC1)S(=O)(=O)c1ccc(NO)cc1. The van der Waals surface area contributed by atoms with Gasteiger partial charge in [-0.15, -0.1) is 0 Å². The summed E-state index contributed by atoms with van der Waals surface area (Å²) in [5.41, 5.74) is 3.43. The Balaban J connectivity index is 1.76.